The zero-order chi connectivity index (χ0) is 12.3. The molecule has 1 unspecified atom stereocenters. The van der Waals surface area contributed by atoms with Crippen LogP contribution in [0.3, 0.4) is 0 Å². The van der Waals surface area contributed by atoms with E-state index in [0.29, 0.717) is 12.4 Å². The third kappa shape index (κ3) is 2.96. The van der Waals surface area contributed by atoms with E-state index in [9.17, 15) is 0 Å². The molecule has 0 aliphatic carbocycles. The number of rotatable bonds is 3. The lowest BCUT2D eigenvalue weighted by Gasteiger charge is -2.38. The summed E-state index contributed by atoms with van der Waals surface area (Å²) < 4.78 is 6.10. The SMILES string of the molecule is CN1CCCC(C)(Oc2ncccc2CN)C1. The predicted molar refractivity (Wildman–Crippen MR) is 67.9 cm³/mol. The summed E-state index contributed by atoms with van der Waals surface area (Å²) in [5, 5.41) is 0. The molecule has 1 aromatic rings. The average Bonchev–Trinajstić information content (AvgIpc) is 2.29. The number of likely N-dealkylation sites (N-methyl/N-ethyl adjacent to an activating group) is 1. The largest absolute Gasteiger partial charge is 0.470 e. The highest BCUT2D eigenvalue weighted by Crippen LogP contribution is 2.27. The molecule has 0 bridgehead atoms. The molecule has 0 spiro atoms. The molecule has 1 aliphatic rings. The van der Waals surface area contributed by atoms with E-state index >= 15 is 0 Å². The highest BCUT2D eigenvalue weighted by atomic mass is 16.5. The van der Waals surface area contributed by atoms with Gasteiger partial charge < -0.3 is 15.4 Å². The summed E-state index contributed by atoms with van der Waals surface area (Å²) in [5.41, 5.74) is 6.52. The zero-order valence-electron chi connectivity index (χ0n) is 10.6. The number of likely N-dealkylation sites (tertiary alicyclic amines) is 1. The first-order valence-electron chi connectivity index (χ1n) is 6.14. The fourth-order valence-electron chi connectivity index (χ4n) is 2.44. The number of nitrogens with zero attached hydrogens (tertiary/aromatic N) is 2. The second kappa shape index (κ2) is 5.02. The molecule has 0 amide bonds. The molecule has 1 fully saturated rings. The van der Waals surface area contributed by atoms with Crippen molar-refractivity contribution in [1.29, 1.82) is 0 Å². The van der Waals surface area contributed by atoms with Crippen LogP contribution >= 0.6 is 0 Å². The smallest absolute Gasteiger partial charge is 0.218 e. The molecule has 4 heteroatoms. The first-order chi connectivity index (χ1) is 8.13. The van der Waals surface area contributed by atoms with Gasteiger partial charge in [-0.1, -0.05) is 6.07 Å². The van der Waals surface area contributed by atoms with Crippen LogP contribution in [0.5, 0.6) is 5.88 Å². The molecule has 2 rings (SSSR count). The van der Waals surface area contributed by atoms with Gasteiger partial charge in [-0.05, 0) is 39.4 Å². The van der Waals surface area contributed by atoms with Crippen LogP contribution in [0.1, 0.15) is 25.3 Å². The average molecular weight is 235 g/mol. The lowest BCUT2D eigenvalue weighted by atomic mass is 9.95. The van der Waals surface area contributed by atoms with E-state index in [2.05, 4.69) is 23.9 Å². The first kappa shape index (κ1) is 12.3. The Labute approximate surface area is 103 Å². The number of piperidine rings is 1. The maximum Gasteiger partial charge on any atom is 0.218 e. The van der Waals surface area contributed by atoms with E-state index in [-0.39, 0.29) is 5.60 Å². The Balaban J connectivity index is 2.13. The van der Waals surface area contributed by atoms with Gasteiger partial charge in [0.2, 0.25) is 5.88 Å². The molecule has 1 aromatic heterocycles. The van der Waals surface area contributed by atoms with Crippen molar-refractivity contribution in [3.8, 4) is 5.88 Å². The van der Waals surface area contributed by atoms with Gasteiger partial charge in [-0.25, -0.2) is 4.98 Å². The molecule has 2 heterocycles. The first-order valence-corrected chi connectivity index (χ1v) is 6.14. The van der Waals surface area contributed by atoms with Crippen LogP contribution < -0.4 is 10.5 Å². The molecule has 4 nitrogen and oxygen atoms in total. The topological polar surface area (TPSA) is 51.4 Å². The van der Waals surface area contributed by atoms with E-state index in [1.54, 1.807) is 6.20 Å². The number of hydrogen-bond donors (Lipinski definition) is 1. The van der Waals surface area contributed by atoms with Gasteiger partial charge in [0.1, 0.15) is 5.60 Å². The molecule has 94 valence electrons. The Hall–Kier alpha value is -1.13. The van der Waals surface area contributed by atoms with Crippen molar-refractivity contribution in [3.05, 3.63) is 23.9 Å². The number of aromatic nitrogens is 1. The van der Waals surface area contributed by atoms with E-state index in [0.717, 1.165) is 31.5 Å². The fourth-order valence-corrected chi connectivity index (χ4v) is 2.44. The summed E-state index contributed by atoms with van der Waals surface area (Å²) in [4.78, 5) is 6.59. The molecule has 17 heavy (non-hydrogen) atoms. The quantitative estimate of drug-likeness (QED) is 0.860. The molecule has 1 saturated heterocycles. The Kier molecular flexibility index (Phi) is 3.64. The summed E-state index contributed by atoms with van der Waals surface area (Å²) in [6.07, 6.45) is 3.99. The van der Waals surface area contributed by atoms with E-state index in [1.165, 1.54) is 0 Å². The Morgan fingerprint density at radius 3 is 3.12 bits per heavy atom. The van der Waals surface area contributed by atoms with Crippen molar-refractivity contribution in [3.63, 3.8) is 0 Å². The van der Waals surface area contributed by atoms with Crippen molar-refractivity contribution in [2.45, 2.75) is 31.9 Å². The molecular formula is C13H21N3O. The van der Waals surface area contributed by atoms with Crippen LogP contribution in [0, 0.1) is 0 Å². The predicted octanol–water partition coefficient (Wildman–Crippen LogP) is 1.40. The second-order valence-corrected chi connectivity index (χ2v) is 5.07. The molecule has 1 aliphatic heterocycles. The fraction of sp³-hybridized carbons (Fsp3) is 0.615. The summed E-state index contributed by atoms with van der Waals surface area (Å²) >= 11 is 0. The molecular weight excluding hydrogens is 214 g/mol. The van der Waals surface area contributed by atoms with Gasteiger partial charge in [0.25, 0.3) is 0 Å². The summed E-state index contributed by atoms with van der Waals surface area (Å²) in [6, 6.07) is 3.86. The zero-order valence-corrected chi connectivity index (χ0v) is 10.6. The van der Waals surface area contributed by atoms with Crippen molar-refractivity contribution in [2.75, 3.05) is 20.1 Å². The van der Waals surface area contributed by atoms with Gasteiger partial charge in [-0.15, -0.1) is 0 Å². The lowest BCUT2D eigenvalue weighted by molar-refractivity contribution is 0.0113. The van der Waals surface area contributed by atoms with E-state index in [4.69, 9.17) is 10.5 Å². The Morgan fingerprint density at radius 1 is 1.59 bits per heavy atom. The molecule has 2 N–H and O–H groups in total. The monoisotopic (exact) mass is 235 g/mol. The van der Waals surface area contributed by atoms with E-state index < -0.39 is 0 Å². The minimum atomic E-state index is -0.148. The van der Waals surface area contributed by atoms with Gasteiger partial charge in [0, 0.05) is 24.8 Å². The van der Waals surface area contributed by atoms with Gasteiger partial charge in [-0.3, -0.25) is 0 Å². The van der Waals surface area contributed by atoms with Crippen LogP contribution in [0.25, 0.3) is 0 Å². The molecule has 1 atom stereocenters. The lowest BCUT2D eigenvalue weighted by Crippen LogP contribution is -2.48. The van der Waals surface area contributed by atoms with Crippen LogP contribution in [0.2, 0.25) is 0 Å². The maximum absolute atomic E-state index is 6.10. The third-order valence-electron chi connectivity index (χ3n) is 3.26. The number of pyridine rings is 1. The number of nitrogens with two attached hydrogens (primary N) is 1. The van der Waals surface area contributed by atoms with Crippen LogP contribution in [0.4, 0.5) is 0 Å². The van der Waals surface area contributed by atoms with Crippen molar-refractivity contribution >= 4 is 0 Å². The van der Waals surface area contributed by atoms with Crippen LogP contribution in [-0.4, -0.2) is 35.6 Å². The van der Waals surface area contributed by atoms with Crippen LogP contribution in [-0.2, 0) is 6.54 Å². The van der Waals surface area contributed by atoms with Gasteiger partial charge in [0.05, 0.1) is 0 Å². The minimum absolute atomic E-state index is 0.148. The highest BCUT2D eigenvalue weighted by molar-refractivity contribution is 5.25. The van der Waals surface area contributed by atoms with E-state index in [1.807, 2.05) is 12.1 Å². The third-order valence-corrected chi connectivity index (χ3v) is 3.26. The van der Waals surface area contributed by atoms with Crippen molar-refractivity contribution < 1.29 is 4.74 Å². The number of ether oxygens (including phenoxy) is 1. The normalized spacial score (nSPS) is 25.8. The van der Waals surface area contributed by atoms with Crippen LogP contribution in [0.15, 0.2) is 18.3 Å². The summed E-state index contributed by atoms with van der Waals surface area (Å²) in [6.45, 7) is 4.70. The van der Waals surface area contributed by atoms with Gasteiger partial charge >= 0.3 is 0 Å². The molecule has 0 radical (unpaired) electrons. The molecule has 0 saturated carbocycles. The Morgan fingerprint density at radius 2 is 2.41 bits per heavy atom. The van der Waals surface area contributed by atoms with Gasteiger partial charge in [0.15, 0.2) is 0 Å². The Bertz CT molecular complexity index is 383. The number of hydrogen-bond acceptors (Lipinski definition) is 4. The second-order valence-electron chi connectivity index (χ2n) is 5.07. The highest BCUT2D eigenvalue weighted by Gasteiger charge is 2.32. The van der Waals surface area contributed by atoms with Crippen molar-refractivity contribution in [1.82, 2.24) is 9.88 Å². The van der Waals surface area contributed by atoms with Gasteiger partial charge in [-0.2, -0.15) is 0 Å². The summed E-state index contributed by atoms with van der Waals surface area (Å²) in [5.74, 6) is 0.688. The van der Waals surface area contributed by atoms with Crippen molar-refractivity contribution in [2.24, 2.45) is 5.73 Å². The minimum Gasteiger partial charge on any atom is -0.470 e. The summed E-state index contributed by atoms with van der Waals surface area (Å²) in [7, 11) is 2.13. The standard InChI is InChI=1S/C13H21N3O/c1-13(6-4-8-16(2)10-13)17-12-11(9-14)5-3-7-15-12/h3,5,7H,4,6,8-10,14H2,1-2H3. The maximum atomic E-state index is 6.10. The molecule has 0 aromatic carbocycles.